The van der Waals surface area contributed by atoms with E-state index >= 15 is 0 Å². The highest BCUT2D eigenvalue weighted by Gasteiger charge is 2.38. The second-order valence-corrected chi connectivity index (χ2v) is 10.4. The fourth-order valence-electron chi connectivity index (χ4n) is 4.00. The van der Waals surface area contributed by atoms with E-state index in [0.29, 0.717) is 13.0 Å². The van der Waals surface area contributed by atoms with Gasteiger partial charge in [-0.1, -0.05) is 70.2 Å². The van der Waals surface area contributed by atoms with Gasteiger partial charge in [0.2, 0.25) is 5.91 Å². The van der Waals surface area contributed by atoms with Gasteiger partial charge in [0.15, 0.2) is 6.29 Å². The van der Waals surface area contributed by atoms with Crippen LogP contribution in [0.3, 0.4) is 0 Å². The summed E-state index contributed by atoms with van der Waals surface area (Å²) in [6.07, 6.45) is 6.05. The highest BCUT2D eigenvalue weighted by atomic mass is 16.8. The zero-order valence-electron chi connectivity index (χ0n) is 22.9. The first-order valence-corrected chi connectivity index (χ1v) is 13.3. The van der Waals surface area contributed by atoms with Gasteiger partial charge in [0.05, 0.1) is 6.04 Å². The van der Waals surface area contributed by atoms with E-state index in [4.69, 9.17) is 15.3 Å². The van der Waals surface area contributed by atoms with Crippen molar-refractivity contribution in [3.05, 3.63) is 42.0 Å². The molecule has 1 aliphatic heterocycles. The Morgan fingerprint density at radius 2 is 1.81 bits per heavy atom. The monoisotopic (exact) mass is 516 g/mol. The van der Waals surface area contributed by atoms with Crippen molar-refractivity contribution < 1.29 is 24.0 Å². The first-order valence-electron chi connectivity index (χ1n) is 13.3. The second-order valence-electron chi connectivity index (χ2n) is 10.4. The molecule has 1 fully saturated rings. The maximum atomic E-state index is 13.6. The predicted octanol–water partition coefficient (Wildman–Crippen LogP) is 3.65. The summed E-state index contributed by atoms with van der Waals surface area (Å²) in [5.74, 6) is -1.22. The molecule has 3 N–H and O–H groups in total. The van der Waals surface area contributed by atoms with Crippen LogP contribution in [0, 0.1) is 11.8 Å². The van der Waals surface area contributed by atoms with Crippen LogP contribution in [-0.4, -0.2) is 59.3 Å². The SMILES string of the molecule is CC(C)CC(=O)N([C@@H](CC=Cc1ccccc1)C(=O)NOC1CCCCO1)N(CC(C)C)C(=O)[C@@H](C)N. The van der Waals surface area contributed by atoms with E-state index in [9.17, 15) is 14.4 Å². The molecule has 0 aliphatic carbocycles. The van der Waals surface area contributed by atoms with E-state index in [-0.39, 0.29) is 37.1 Å². The fraction of sp³-hybridized carbons (Fsp3) is 0.607. The molecule has 1 aliphatic rings. The lowest BCUT2D eigenvalue weighted by Crippen LogP contribution is -2.62. The second kappa shape index (κ2) is 15.5. The summed E-state index contributed by atoms with van der Waals surface area (Å²) in [5, 5.41) is 2.64. The van der Waals surface area contributed by atoms with Crippen LogP contribution in [0.2, 0.25) is 0 Å². The number of hydrogen-bond donors (Lipinski definition) is 2. The van der Waals surface area contributed by atoms with E-state index in [1.807, 2.05) is 70.2 Å². The van der Waals surface area contributed by atoms with Crippen LogP contribution in [0.15, 0.2) is 36.4 Å². The molecule has 9 heteroatoms. The molecule has 3 atom stereocenters. The molecule has 206 valence electrons. The molecule has 1 unspecified atom stereocenters. The highest BCUT2D eigenvalue weighted by Crippen LogP contribution is 2.19. The fourth-order valence-corrected chi connectivity index (χ4v) is 4.00. The summed E-state index contributed by atoms with van der Waals surface area (Å²) in [6, 6.07) is 7.79. The largest absolute Gasteiger partial charge is 0.350 e. The minimum atomic E-state index is -1.03. The third-order valence-corrected chi connectivity index (χ3v) is 5.78. The average Bonchev–Trinajstić information content (AvgIpc) is 2.86. The lowest BCUT2D eigenvalue weighted by atomic mass is 10.1. The summed E-state index contributed by atoms with van der Waals surface area (Å²) in [6.45, 7) is 10.1. The summed E-state index contributed by atoms with van der Waals surface area (Å²) < 4.78 is 5.56. The number of carbonyl (C=O) groups is 3. The normalized spacial score (nSPS) is 17.6. The lowest BCUT2D eigenvalue weighted by molar-refractivity contribution is -0.206. The van der Waals surface area contributed by atoms with Crippen molar-refractivity contribution in [1.29, 1.82) is 0 Å². The van der Waals surface area contributed by atoms with Gasteiger partial charge in [-0.2, -0.15) is 0 Å². The van der Waals surface area contributed by atoms with Gasteiger partial charge >= 0.3 is 0 Å². The Morgan fingerprint density at radius 3 is 2.38 bits per heavy atom. The van der Waals surface area contributed by atoms with Gasteiger partial charge in [-0.25, -0.2) is 20.3 Å². The number of hydrogen-bond acceptors (Lipinski definition) is 6. The number of amides is 3. The molecular formula is C28H44N4O5. The third-order valence-electron chi connectivity index (χ3n) is 5.78. The number of nitrogens with one attached hydrogen (secondary N) is 1. The third kappa shape index (κ3) is 10.3. The van der Waals surface area contributed by atoms with Crippen LogP contribution >= 0.6 is 0 Å². The van der Waals surface area contributed by atoms with E-state index < -0.39 is 30.2 Å². The smallest absolute Gasteiger partial charge is 0.268 e. The molecule has 0 radical (unpaired) electrons. The number of ether oxygens (including phenoxy) is 1. The zero-order chi connectivity index (χ0) is 27.4. The first kappa shape index (κ1) is 30.5. The van der Waals surface area contributed by atoms with Gasteiger partial charge in [0.1, 0.15) is 6.04 Å². The molecule has 1 aromatic carbocycles. The Balaban J connectivity index is 2.42. The lowest BCUT2D eigenvalue weighted by Gasteiger charge is -2.41. The highest BCUT2D eigenvalue weighted by molar-refractivity contribution is 5.90. The van der Waals surface area contributed by atoms with Gasteiger partial charge in [0, 0.05) is 26.0 Å². The van der Waals surface area contributed by atoms with E-state index in [1.54, 1.807) is 6.92 Å². The van der Waals surface area contributed by atoms with E-state index in [2.05, 4.69) is 5.48 Å². The van der Waals surface area contributed by atoms with Crippen LogP contribution in [0.1, 0.15) is 72.3 Å². The van der Waals surface area contributed by atoms with Crippen LogP contribution < -0.4 is 11.2 Å². The minimum Gasteiger partial charge on any atom is -0.350 e. The number of hydroxylamine groups is 1. The van der Waals surface area contributed by atoms with Gasteiger partial charge in [-0.3, -0.25) is 14.4 Å². The average molecular weight is 517 g/mol. The van der Waals surface area contributed by atoms with Crippen molar-refractivity contribution in [1.82, 2.24) is 15.5 Å². The summed E-state index contributed by atoms with van der Waals surface area (Å²) in [7, 11) is 0. The van der Waals surface area contributed by atoms with Gasteiger partial charge in [-0.15, -0.1) is 0 Å². The van der Waals surface area contributed by atoms with Gasteiger partial charge in [-0.05, 0) is 43.6 Å². The molecule has 2 rings (SSSR count). The summed E-state index contributed by atoms with van der Waals surface area (Å²) >= 11 is 0. The van der Waals surface area contributed by atoms with Crippen LogP contribution in [0.4, 0.5) is 0 Å². The molecule has 37 heavy (non-hydrogen) atoms. The maximum Gasteiger partial charge on any atom is 0.268 e. The molecule has 0 saturated carbocycles. The van der Waals surface area contributed by atoms with Crippen molar-refractivity contribution in [2.75, 3.05) is 13.2 Å². The number of carbonyl (C=O) groups excluding carboxylic acids is 3. The Labute approximate surface area is 221 Å². The zero-order valence-corrected chi connectivity index (χ0v) is 22.9. The van der Waals surface area contributed by atoms with Crippen LogP contribution in [0.25, 0.3) is 6.08 Å². The van der Waals surface area contributed by atoms with Gasteiger partial charge < -0.3 is 10.5 Å². The van der Waals surface area contributed by atoms with E-state index in [1.165, 1.54) is 10.0 Å². The molecule has 1 aromatic rings. The van der Waals surface area contributed by atoms with Crippen molar-refractivity contribution in [2.24, 2.45) is 17.6 Å². The summed E-state index contributed by atoms with van der Waals surface area (Å²) in [4.78, 5) is 46.0. The Kier molecular flexibility index (Phi) is 12.8. The standard InChI is InChI=1S/C28H44N4O5/c1-20(2)18-25(33)32(31(19-21(3)4)28(35)22(5)29)24(15-11-14-23-12-7-6-8-13-23)27(34)30-37-26-16-9-10-17-36-26/h6-8,11-14,20-22,24,26H,9-10,15-19,29H2,1-5H3,(H,30,34)/t22-,24+,26?/m1/s1. The number of rotatable bonds is 12. The van der Waals surface area contributed by atoms with Gasteiger partial charge in [0.25, 0.3) is 11.8 Å². The van der Waals surface area contributed by atoms with Crippen LogP contribution in [0.5, 0.6) is 0 Å². The Bertz CT molecular complexity index is 882. The Morgan fingerprint density at radius 1 is 1.11 bits per heavy atom. The van der Waals surface area contributed by atoms with Crippen molar-refractivity contribution in [2.45, 2.75) is 85.1 Å². The van der Waals surface area contributed by atoms with Crippen molar-refractivity contribution in [3.8, 4) is 0 Å². The molecule has 0 aromatic heterocycles. The van der Waals surface area contributed by atoms with Crippen molar-refractivity contribution >= 4 is 23.8 Å². The number of nitrogens with two attached hydrogens (primary N) is 1. The van der Waals surface area contributed by atoms with Crippen LogP contribution in [-0.2, 0) is 24.0 Å². The molecule has 1 saturated heterocycles. The topological polar surface area (TPSA) is 114 Å². The molecule has 1 heterocycles. The molecule has 9 nitrogen and oxygen atoms in total. The molecule has 0 spiro atoms. The molecule has 3 amide bonds. The van der Waals surface area contributed by atoms with E-state index in [0.717, 1.165) is 18.4 Å². The minimum absolute atomic E-state index is 0.0248. The predicted molar refractivity (Wildman–Crippen MR) is 143 cm³/mol. The number of benzene rings is 1. The maximum absolute atomic E-state index is 13.6. The number of nitrogens with zero attached hydrogens (tertiary/aromatic N) is 2. The first-order chi connectivity index (χ1) is 17.6. The quantitative estimate of drug-likeness (QED) is 0.410. The molecule has 0 bridgehead atoms. The Hall–Kier alpha value is -2.75. The number of hydrazine groups is 1. The van der Waals surface area contributed by atoms with Crippen molar-refractivity contribution in [3.63, 3.8) is 0 Å². The summed E-state index contributed by atoms with van der Waals surface area (Å²) in [5.41, 5.74) is 9.44. The molecular weight excluding hydrogens is 472 g/mol.